The van der Waals surface area contributed by atoms with Crippen molar-refractivity contribution in [1.29, 1.82) is 0 Å². The Balaban J connectivity index is 1.33. The quantitative estimate of drug-likeness (QED) is 0.862. The normalized spacial score (nSPS) is 22.9. The third-order valence-corrected chi connectivity index (χ3v) is 4.75. The highest BCUT2D eigenvalue weighted by molar-refractivity contribution is 5.83. The molecule has 2 heterocycles. The van der Waals surface area contributed by atoms with Crippen molar-refractivity contribution in [3.8, 4) is 0 Å². The Morgan fingerprint density at radius 3 is 2.58 bits per heavy atom. The molecular formula is C18H17FN4O. The second-order valence-electron chi connectivity index (χ2n) is 6.24. The summed E-state index contributed by atoms with van der Waals surface area (Å²) in [5, 5.41) is 0. The van der Waals surface area contributed by atoms with Crippen molar-refractivity contribution < 1.29 is 9.18 Å². The monoisotopic (exact) mass is 324 g/mol. The molecule has 1 aromatic heterocycles. The molecule has 1 amide bonds. The van der Waals surface area contributed by atoms with Gasteiger partial charge in [0.05, 0.1) is 6.20 Å². The molecule has 122 valence electrons. The number of anilines is 1. The van der Waals surface area contributed by atoms with Gasteiger partial charge >= 0.3 is 0 Å². The Labute approximate surface area is 140 Å². The fraction of sp³-hybridized carbons (Fsp3) is 0.389. The molecule has 0 spiro atoms. The van der Waals surface area contributed by atoms with Crippen molar-refractivity contribution in [3.63, 3.8) is 0 Å². The first-order valence-corrected chi connectivity index (χ1v) is 8.12. The summed E-state index contributed by atoms with van der Waals surface area (Å²) in [5.41, 5.74) is 1.05. The summed E-state index contributed by atoms with van der Waals surface area (Å²) in [6.45, 7) is 2.79. The minimum Gasteiger partial charge on any atom is -0.339 e. The Kier molecular flexibility index (Phi) is 3.77. The molecule has 1 saturated heterocycles. The third-order valence-electron chi connectivity index (χ3n) is 4.75. The second-order valence-corrected chi connectivity index (χ2v) is 6.24. The fourth-order valence-corrected chi connectivity index (χ4v) is 3.29. The van der Waals surface area contributed by atoms with E-state index >= 15 is 0 Å². The number of amides is 1. The van der Waals surface area contributed by atoms with E-state index in [1.807, 2.05) is 4.90 Å². The number of carbonyl (C=O) groups is 1. The van der Waals surface area contributed by atoms with Gasteiger partial charge in [-0.25, -0.2) is 9.37 Å². The smallest absolute Gasteiger partial charge is 0.235 e. The van der Waals surface area contributed by atoms with Crippen LogP contribution in [0.15, 0.2) is 30.5 Å². The van der Waals surface area contributed by atoms with Crippen molar-refractivity contribution >= 4 is 11.9 Å². The molecule has 5 nitrogen and oxygen atoms in total. The van der Waals surface area contributed by atoms with Crippen molar-refractivity contribution in [2.24, 2.45) is 5.92 Å². The lowest BCUT2D eigenvalue weighted by atomic mass is 10.1. The van der Waals surface area contributed by atoms with Crippen LogP contribution in [0.2, 0.25) is 0 Å². The second kappa shape index (κ2) is 6.08. The number of hydrogen-bond acceptors (Lipinski definition) is 4. The topological polar surface area (TPSA) is 49.3 Å². The van der Waals surface area contributed by atoms with Crippen LogP contribution in [0.5, 0.6) is 0 Å². The van der Waals surface area contributed by atoms with E-state index in [-0.39, 0.29) is 23.6 Å². The third kappa shape index (κ3) is 2.90. The van der Waals surface area contributed by atoms with Crippen LogP contribution in [0, 0.1) is 24.0 Å². The Morgan fingerprint density at radius 1 is 1.17 bits per heavy atom. The highest BCUT2D eigenvalue weighted by atomic mass is 19.1. The number of hydrogen-bond donors (Lipinski definition) is 0. The summed E-state index contributed by atoms with van der Waals surface area (Å²) in [7, 11) is 0. The van der Waals surface area contributed by atoms with Gasteiger partial charge in [-0.15, -0.1) is 0 Å². The van der Waals surface area contributed by atoms with Crippen molar-refractivity contribution in [3.05, 3.63) is 54.1 Å². The largest absolute Gasteiger partial charge is 0.339 e. The fourth-order valence-electron chi connectivity index (χ4n) is 3.29. The van der Waals surface area contributed by atoms with E-state index in [9.17, 15) is 9.18 Å². The summed E-state index contributed by atoms with van der Waals surface area (Å²) in [6, 6.07) is 9.17. The summed E-state index contributed by atoms with van der Waals surface area (Å²) < 4.78 is 13.0. The van der Waals surface area contributed by atoms with Crippen molar-refractivity contribution in [1.82, 2.24) is 14.9 Å². The maximum Gasteiger partial charge on any atom is 0.235 e. The van der Waals surface area contributed by atoms with Crippen molar-refractivity contribution in [2.45, 2.75) is 12.3 Å². The molecular weight excluding hydrogens is 307 g/mol. The molecule has 0 unspecified atom stereocenters. The number of aromatic nitrogens is 2. The molecule has 2 atom stereocenters. The van der Waals surface area contributed by atoms with Crippen LogP contribution < -0.4 is 4.90 Å². The van der Waals surface area contributed by atoms with Gasteiger partial charge < -0.3 is 9.80 Å². The highest BCUT2D eigenvalue weighted by Gasteiger charge is 2.46. The molecule has 6 heteroatoms. The average molecular weight is 324 g/mol. The van der Waals surface area contributed by atoms with Gasteiger partial charge in [-0.2, -0.15) is 4.98 Å². The predicted molar refractivity (Wildman–Crippen MR) is 85.7 cm³/mol. The maximum absolute atomic E-state index is 13.0. The molecule has 0 radical (unpaired) electrons. The van der Waals surface area contributed by atoms with Gasteiger partial charge in [-0.3, -0.25) is 4.79 Å². The summed E-state index contributed by atoms with van der Waals surface area (Å²) in [5.74, 6) is 0.877. The van der Waals surface area contributed by atoms with Gasteiger partial charge in [0.1, 0.15) is 5.82 Å². The van der Waals surface area contributed by atoms with Crippen LogP contribution in [0.4, 0.5) is 10.3 Å². The first-order chi connectivity index (χ1) is 11.7. The van der Waals surface area contributed by atoms with Gasteiger partial charge in [-0.1, -0.05) is 12.1 Å². The first-order valence-electron chi connectivity index (χ1n) is 8.12. The van der Waals surface area contributed by atoms with E-state index in [0.29, 0.717) is 19.0 Å². The maximum atomic E-state index is 13.0. The molecule has 1 aromatic carbocycles. The first kappa shape index (κ1) is 14.9. The summed E-state index contributed by atoms with van der Waals surface area (Å²) >= 11 is 0. The SMILES string of the molecule is O=C([C@H]1C[C@H]1c1ccc(F)cc1)N1CCN(c2nc#ccn2)CC1. The zero-order valence-corrected chi connectivity index (χ0v) is 13.2. The molecule has 2 fully saturated rings. The molecule has 24 heavy (non-hydrogen) atoms. The van der Waals surface area contributed by atoms with Gasteiger partial charge in [-0.05, 0) is 36.1 Å². The van der Waals surface area contributed by atoms with Crippen LogP contribution in [0.3, 0.4) is 0 Å². The molecule has 1 aliphatic heterocycles. The minimum absolute atomic E-state index is 0.0397. The number of rotatable bonds is 3. The van der Waals surface area contributed by atoms with Crippen LogP contribution in [0.25, 0.3) is 0 Å². The standard InChI is InChI=1S/C18H17FN4O/c19-14-4-2-13(3-5-14)15-12-16(15)17(24)22-8-10-23(11-9-22)18-20-6-1-7-21-18/h2-6,15-16H,8-12H2/t15-,16-/m0/s1. The number of nitrogens with zero attached hydrogens (tertiary/aromatic N) is 4. The van der Waals surface area contributed by atoms with Crippen LogP contribution in [-0.4, -0.2) is 47.0 Å². The average Bonchev–Trinajstić information content (AvgIpc) is 3.43. The van der Waals surface area contributed by atoms with E-state index < -0.39 is 0 Å². The van der Waals surface area contributed by atoms with Crippen LogP contribution in [0.1, 0.15) is 17.9 Å². The van der Waals surface area contributed by atoms with Crippen LogP contribution >= 0.6 is 0 Å². The Hall–Kier alpha value is -2.68. The number of benzene rings is 1. The van der Waals surface area contributed by atoms with Gasteiger partial charge in [0, 0.05) is 38.3 Å². The van der Waals surface area contributed by atoms with E-state index in [1.165, 1.54) is 12.1 Å². The van der Waals surface area contributed by atoms with Gasteiger partial charge in [0.25, 0.3) is 0 Å². The molecule has 4 rings (SSSR count). The minimum atomic E-state index is -0.239. The van der Waals surface area contributed by atoms with E-state index in [2.05, 4.69) is 27.1 Å². The molecule has 1 saturated carbocycles. The zero-order chi connectivity index (χ0) is 16.5. The molecule has 1 aliphatic carbocycles. The number of carbonyl (C=O) groups excluding carboxylic acids is 1. The number of piperazine rings is 1. The lowest BCUT2D eigenvalue weighted by molar-refractivity contribution is -0.133. The summed E-state index contributed by atoms with van der Waals surface area (Å²) in [6.07, 6.45) is 5.07. The highest BCUT2D eigenvalue weighted by Crippen LogP contribution is 2.48. The summed E-state index contributed by atoms with van der Waals surface area (Å²) in [4.78, 5) is 24.9. The Bertz CT molecular complexity index is 714. The Morgan fingerprint density at radius 2 is 1.92 bits per heavy atom. The van der Waals surface area contributed by atoms with Gasteiger partial charge in [0.2, 0.25) is 11.9 Å². The van der Waals surface area contributed by atoms with Crippen molar-refractivity contribution in [2.75, 3.05) is 31.1 Å². The lowest BCUT2D eigenvalue weighted by Crippen LogP contribution is -2.49. The molecule has 0 N–H and O–H groups in total. The van der Waals surface area contributed by atoms with E-state index in [4.69, 9.17) is 0 Å². The van der Waals surface area contributed by atoms with Crippen LogP contribution in [-0.2, 0) is 4.79 Å². The number of halogens is 1. The van der Waals surface area contributed by atoms with E-state index in [0.717, 1.165) is 25.1 Å². The van der Waals surface area contributed by atoms with E-state index in [1.54, 1.807) is 18.3 Å². The lowest BCUT2D eigenvalue weighted by Gasteiger charge is -2.34. The molecule has 2 aromatic rings. The van der Waals surface area contributed by atoms with Gasteiger partial charge in [0.15, 0.2) is 0 Å². The zero-order valence-electron chi connectivity index (χ0n) is 13.2. The molecule has 0 bridgehead atoms. The molecule has 2 aliphatic rings. The predicted octanol–water partition coefficient (Wildman–Crippen LogP) is 1.67.